The van der Waals surface area contributed by atoms with E-state index in [9.17, 15) is 4.79 Å². The van der Waals surface area contributed by atoms with Gasteiger partial charge in [-0.2, -0.15) is 0 Å². The van der Waals surface area contributed by atoms with Gasteiger partial charge in [-0.05, 0) is 20.3 Å². The third-order valence-corrected chi connectivity index (χ3v) is 2.52. The van der Waals surface area contributed by atoms with Crippen LogP contribution in [0.1, 0.15) is 40.0 Å². The molecule has 70 valence electrons. The van der Waals surface area contributed by atoms with E-state index in [4.69, 9.17) is 4.74 Å². The molecule has 3 atom stereocenters. The van der Waals surface area contributed by atoms with E-state index in [0.29, 0.717) is 12.2 Å². The van der Waals surface area contributed by atoms with Gasteiger partial charge in [0.25, 0.3) is 0 Å². The normalized spacial score (nSPS) is 36.9. The second kappa shape index (κ2) is 4.04. The Morgan fingerprint density at radius 1 is 1.50 bits per heavy atom. The summed E-state index contributed by atoms with van der Waals surface area (Å²) < 4.78 is 5.60. The average molecular weight is 170 g/mol. The van der Waals surface area contributed by atoms with E-state index in [0.717, 1.165) is 12.8 Å². The maximum absolute atomic E-state index is 11.5. The first-order valence-electron chi connectivity index (χ1n) is 4.83. The third kappa shape index (κ3) is 2.07. The van der Waals surface area contributed by atoms with Crippen molar-refractivity contribution in [2.45, 2.75) is 52.2 Å². The van der Waals surface area contributed by atoms with Crippen molar-refractivity contribution < 1.29 is 9.53 Å². The summed E-state index contributed by atoms with van der Waals surface area (Å²) >= 11 is 0. The molecule has 0 unspecified atom stereocenters. The highest BCUT2D eigenvalue weighted by atomic mass is 16.5. The summed E-state index contributed by atoms with van der Waals surface area (Å²) in [4.78, 5) is 11.5. The molecule has 12 heavy (non-hydrogen) atoms. The van der Waals surface area contributed by atoms with Crippen molar-refractivity contribution in [2.75, 3.05) is 0 Å². The van der Waals surface area contributed by atoms with Crippen LogP contribution < -0.4 is 0 Å². The van der Waals surface area contributed by atoms with Gasteiger partial charge >= 0.3 is 0 Å². The molecule has 0 aromatic heterocycles. The molecule has 0 spiro atoms. The number of hydrogen-bond acceptors (Lipinski definition) is 2. The van der Waals surface area contributed by atoms with Crippen LogP contribution in [-0.4, -0.2) is 18.0 Å². The molecule has 0 saturated carbocycles. The fourth-order valence-corrected chi connectivity index (χ4v) is 1.91. The van der Waals surface area contributed by atoms with E-state index >= 15 is 0 Å². The molecular formula is C10H18O2. The zero-order chi connectivity index (χ0) is 9.14. The van der Waals surface area contributed by atoms with Crippen LogP contribution in [0.5, 0.6) is 0 Å². The Morgan fingerprint density at radius 3 is 2.67 bits per heavy atom. The first-order chi connectivity index (χ1) is 5.65. The monoisotopic (exact) mass is 170 g/mol. The van der Waals surface area contributed by atoms with Gasteiger partial charge in [-0.1, -0.05) is 13.3 Å². The zero-order valence-electron chi connectivity index (χ0n) is 8.17. The van der Waals surface area contributed by atoms with Gasteiger partial charge in [0.05, 0.1) is 12.2 Å². The van der Waals surface area contributed by atoms with Gasteiger partial charge in [0, 0.05) is 12.3 Å². The summed E-state index contributed by atoms with van der Waals surface area (Å²) in [7, 11) is 0. The lowest BCUT2D eigenvalue weighted by Gasteiger charge is -2.31. The van der Waals surface area contributed by atoms with Crippen LogP contribution in [0, 0.1) is 5.92 Å². The average Bonchev–Trinajstić information content (AvgIpc) is 1.96. The summed E-state index contributed by atoms with van der Waals surface area (Å²) in [5.41, 5.74) is 0. The maximum atomic E-state index is 11.5. The molecule has 1 fully saturated rings. The molecule has 1 heterocycles. The number of carbonyl (C=O) groups excluding carboxylic acids is 1. The predicted molar refractivity (Wildman–Crippen MR) is 48.0 cm³/mol. The highest BCUT2D eigenvalue weighted by Crippen LogP contribution is 2.25. The molecule has 1 aliphatic rings. The van der Waals surface area contributed by atoms with Crippen molar-refractivity contribution in [2.24, 2.45) is 5.92 Å². The molecule has 0 N–H and O–H groups in total. The Morgan fingerprint density at radius 2 is 2.17 bits per heavy atom. The van der Waals surface area contributed by atoms with Crippen LogP contribution in [0.2, 0.25) is 0 Å². The molecule has 0 aromatic rings. The third-order valence-electron chi connectivity index (χ3n) is 2.52. The molecule has 0 bridgehead atoms. The van der Waals surface area contributed by atoms with Gasteiger partial charge in [0.15, 0.2) is 0 Å². The summed E-state index contributed by atoms with van der Waals surface area (Å²) in [6, 6.07) is 0. The standard InChI is InChI=1S/C10H18O2/c1-4-5-9-8(3)12-7(2)6-10(9)11/h7-9H,4-6H2,1-3H3/t7-,8+,9-/m1/s1. The van der Waals surface area contributed by atoms with E-state index < -0.39 is 0 Å². The minimum atomic E-state index is 0.126. The summed E-state index contributed by atoms with van der Waals surface area (Å²) in [5.74, 6) is 0.550. The summed E-state index contributed by atoms with van der Waals surface area (Å²) in [6.07, 6.45) is 2.90. The highest BCUT2D eigenvalue weighted by molar-refractivity contribution is 5.82. The summed E-state index contributed by atoms with van der Waals surface area (Å²) in [6.45, 7) is 6.09. The smallest absolute Gasteiger partial charge is 0.141 e. The molecule has 1 aliphatic heterocycles. The Kier molecular flexibility index (Phi) is 3.27. The number of ether oxygens (including phenoxy) is 1. The lowest BCUT2D eigenvalue weighted by Crippen LogP contribution is -2.38. The van der Waals surface area contributed by atoms with Gasteiger partial charge in [0.1, 0.15) is 5.78 Å². The predicted octanol–water partition coefficient (Wildman–Crippen LogP) is 2.17. The largest absolute Gasteiger partial charge is 0.374 e. The van der Waals surface area contributed by atoms with Gasteiger partial charge in [-0.15, -0.1) is 0 Å². The van der Waals surface area contributed by atoms with Crippen LogP contribution in [0.15, 0.2) is 0 Å². The first-order valence-corrected chi connectivity index (χ1v) is 4.83. The van der Waals surface area contributed by atoms with Gasteiger partial charge in [-0.3, -0.25) is 4.79 Å². The molecule has 0 aromatic carbocycles. The van der Waals surface area contributed by atoms with Crippen LogP contribution in [0.4, 0.5) is 0 Å². The molecule has 1 rings (SSSR count). The highest BCUT2D eigenvalue weighted by Gasteiger charge is 2.31. The van der Waals surface area contributed by atoms with Crippen LogP contribution >= 0.6 is 0 Å². The Labute approximate surface area is 74.3 Å². The quantitative estimate of drug-likeness (QED) is 0.635. The second-order valence-corrected chi connectivity index (χ2v) is 3.72. The molecule has 0 aliphatic carbocycles. The van der Waals surface area contributed by atoms with E-state index in [1.165, 1.54) is 0 Å². The van der Waals surface area contributed by atoms with Gasteiger partial charge in [-0.25, -0.2) is 0 Å². The van der Waals surface area contributed by atoms with Crippen LogP contribution in [0.25, 0.3) is 0 Å². The van der Waals surface area contributed by atoms with Gasteiger partial charge in [0.2, 0.25) is 0 Å². The lowest BCUT2D eigenvalue weighted by atomic mass is 9.88. The van der Waals surface area contributed by atoms with Crippen LogP contribution in [-0.2, 0) is 9.53 Å². The summed E-state index contributed by atoms with van der Waals surface area (Å²) in [5, 5.41) is 0. The number of hydrogen-bond donors (Lipinski definition) is 0. The van der Waals surface area contributed by atoms with Crippen LogP contribution in [0.3, 0.4) is 0 Å². The Balaban J connectivity index is 2.54. The van der Waals surface area contributed by atoms with Crippen molar-refractivity contribution in [3.05, 3.63) is 0 Å². The van der Waals surface area contributed by atoms with Crippen molar-refractivity contribution in [1.82, 2.24) is 0 Å². The van der Waals surface area contributed by atoms with E-state index in [1.54, 1.807) is 0 Å². The van der Waals surface area contributed by atoms with E-state index in [2.05, 4.69) is 6.92 Å². The van der Waals surface area contributed by atoms with E-state index in [-0.39, 0.29) is 18.1 Å². The number of ketones is 1. The van der Waals surface area contributed by atoms with Crippen molar-refractivity contribution in [1.29, 1.82) is 0 Å². The van der Waals surface area contributed by atoms with Crippen molar-refractivity contribution >= 4 is 5.78 Å². The molecule has 2 heteroatoms. The van der Waals surface area contributed by atoms with Gasteiger partial charge < -0.3 is 4.74 Å². The molecule has 2 nitrogen and oxygen atoms in total. The minimum Gasteiger partial charge on any atom is -0.374 e. The Hall–Kier alpha value is -0.370. The fraction of sp³-hybridized carbons (Fsp3) is 0.900. The molecular weight excluding hydrogens is 152 g/mol. The minimum absolute atomic E-state index is 0.126. The number of carbonyl (C=O) groups is 1. The maximum Gasteiger partial charge on any atom is 0.141 e. The molecule has 0 amide bonds. The SMILES string of the molecule is CCC[C@H]1C(=O)C[C@@H](C)O[C@H]1C. The Bertz CT molecular complexity index is 165. The lowest BCUT2D eigenvalue weighted by molar-refractivity contribution is -0.143. The van der Waals surface area contributed by atoms with Crippen molar-refractivity contribution in [3.8, 4) is 0 Å². The zero-order valence-corrected chi connectivity index (χ0v) is 8.17. The molecule has 0 radical (unpaired) electrons. The number of rotatable bonds is 2. The first kappa shape index (κ1) is 9.72. The fourth-order valence-electron chi connectivity index (χ4n) is 1.91. The second-order valence-electron chi connectivity index (χ2n) is 3.72. The topological polar surface area (TPSA) is 26.3 Å². The molecule has 1 saturated heterocycles. The number of Topliss-reactive ketones (excluding diaryl/α,β-unsaturated/α-hetero) is 1. The van der Waals surface area contributed by atoms with Crippen molar-refractivity contribution in [3.63, 3.8) is 0 Å². The van der Waals surface area contributed by atoms with E-state index in [1.807, 2.05) is 13.8 Å².